The molecule has 1 heterocycles. The predicted octanol–water partition coefficient (Wildman–Crippen LogP) is 1.97. The maximum Gasteiger partial charge on any atom is 0.107 e. The maximum atomic E-state index is 5.71. The maximum absolute atomic E-state index is 5.71. The van der Waals surface area contributed by atoms with Crippen molar-refractivity contribution < 1.29 is 0 Å². The molecule has 0 bridgehead atoms. The molecule has 2 rings (SSSR count). The molecule has 14 heavy (non-hydrogen) atoms. The van der Waals surface area contributed by atoms with E-state index in [4.69, 9.17) is 5.73 Å². The normalized spacial score (nSPS) is 21.0. The van der Waals surface area contributed by atoms with Crippen molar-refractivity contribution in [2.24, 2.45) is 10.7 Å². The second-order valence-electron chi connectivity index (χ2n) is 3.50. The molecule has 0 spiro atoms. The van der Waals surface area contributed by atoms with Gasteiger partial charge in [0, 0.05) is 12.2 Å². The Bertz CT molecular complexity index is 360. The second-order valence-corrected chi connectivity index (χ2v) is 4.60. The highest BCUT2D eigenvalue weighted by atomic mass is 32.2. The van der Waals surface area contributed by atoms with Gasteiger partial charge in [0.05, 0.1) is 5.04 Å². The van der Waals surface area contributed by atoms with E-state index >= 15 is 0 Å². The molecule has 3 heteroatoms. The summed E-state index contributed by atoms with van der Waals surface area (Å²) in [6.45, 7) is 2.13. The van der Waals surface area contributed by atoms with Gasteiger partial charge in [-0.15, -0.1) is 11.8 Å². The largest absolute Gasteiger partial charge is 0.309 e. The zero-order valence-electron chi connectivity index (χ0n) is 8.23. The summed E-state index contributed by atoms with van der Waals surface area (Å²) < 4.78 is 0. The van der Waals surface area contributed by atoms with Gasteiger partial charge in [-0.2, -0.15) is 0 Å². The van der Waals surface area contributed by atoms with Crippen LogP contribution in [0.1, 0.15) is 11.1 Å². The molecular weight excluding hydrogens is 192 g/mol. The SMILES string of the molecule is Cc1ccccc1CC1=NC(N)CS1. The number of aliphatic imine (C=N–C) groups is 1. The van der Waals surface area contributed by atoms with Crippen molar-refractivity contribution in [1.29, 1.82) is 0 Å². The zero-order valence-corrected chi connectivity index (χ0v) is 9.05. The molecule has 74 valence electrons. The molecule has 1 aromatic carbocycles. The molecule has 0 aromatic heterocycles. The van der Waals surface area contributed by atoms with Crippen LogP contribution in [0.25, 0.3) is 0 Å². The Balaban J connectivity index is 2.12. The van der Waals surface area contributed by atoms with Gasteiger partial charge in [-0.1, -0.05) is 24.3 Å². The third-order valence-electron chi connectivity index (χ3n) is 2.33. The highest BCUT2D eigenvalue weighted by Gasteiger charge is 2.14. The molecule has 0 amide bonds. The Morgan fingerprint density at radius 3 is 2.93 bits per heavy atom. The van der Waals surface area contributed by atoms with Crippen LogP contribution < -0.4 is 5.73 Å². The van der Waals surface area contributed by atoms with Crippen molar-refractivity contribution in [1.82, 2.24) is 0 Å². The minimum Gasteiger partial charge on any atom is -0.309 e. The minimum absolute atomic E-state index is 0.0130. The van der Waals surface area contributed by atoms with Crippen molar-refractivity contribution in [3.05, 3.63) is 35.4 Å². The smallest absolute Gasteiger partial charge is 0.107 e. The molecule has 0 saturated carbocycles. The molecule has 0 radical (unpaired) electrons. The first-order chi connectivity index (χ1) is 6.75. The highest BCUT2D eigenvalue weighted by Crippen LogP contribution is 2.20. The summed E-state index contributed by atoms with van der Waals surface area (Å²) >= 11 is 1.78. The highest BCUT2D eigenvalue weighted by molar-refractivity contribution is 8.14. The van der Waals surface area contributed by atoms with E-state index in [0.29, 0.717) is 0 Å². The van der Waals surface area contributed by atoms with E-state index in [9.17, 15) is 0 Å². The molecule has 2 N–H and O–H groups in total. The van der Waals surface area contributed by atoms with E-state index in [1.165, 1.54) is 16.2 Å². The number of nitrogens with zero attached hydrogens (tertiary/aromatic N) is 1. The molecule has 0 fully saturated rings. The monoisotopic (exact) mass is 206 g/mol. The molecule has 0 aliphatic carbocycles. The number of rotatable bonds is 2. The fourth-order valence-corrected chi connectivity index (χ4v) is 2.41. The van der Waals surface area contributed by atoms with Gasteiger partial charge >= 0.3 is 0 Å². The second kappa shape index (κ2) is 4.15. The number of nitrogens with two attached hydrogens (primary N) is 1. The van der Waals surface area contributed by atoms with Gasteiger partial charge in [0.1, 0.15) is 6.17 Å². The lowest BCUT2D eigenvalue weighted by atomic mass is 10.1. The third-order valence-corrected chi connectivity index (χ3v) is 3.42. The lowest BCUT2D eigenvalue weighted by Gasteiger charge is -2.03. The first kappa shape index (κ1) is 9.74. The van der Waals surface area contributed by atoms with Crippen molar-refractivity contribution in [3.8, 4) is 0 Å². The molecular formula is C11H14N2S. The van der Waals surface area contributed by atoms with Crippen LogP contribution in [0.5, 0.6) is 0 Å². The van der Waals surface area contributed by atoms with Crippen molar-refractivity contribution in [2.75, 3.05) is 5.75 Å². The van der Waals surface area contributed by atoms with Crippen molar-refractivity contribution in [2.45, 2.75) is 19.5 Å². The number of aryl methyl sites for hydroxylation is 1. The van der Waals surface area contributed by atoms with Crippen molar-refractivity contribution in [3.63, 3.8) is 0 Å². The summed E-state index contributed by atoms with van der Waals surface area (Å²) in [5.74, 6) is 0.932. The Kier molecular flexibility index (Phi) is 2.89. The minimum atomic E-state index is 0.0130. The number of hydrogen-bond donors (Lipinski definition) is 1. The van der Waals surface area contributed by atoms with Crippen LogP contribution >= 0.6 is 11.8 Å². The van der Waals surface area contributed by atoms with Gasteiger partial charge < -0.3 is 5.73 Å². The lowest BCUT2D eigenvalue weighted by molar-refractivity contribution is 0.817. The van der Waals surface area contributed by atoms with E-state index in [1.807, 2.05) is 0 Å². The molecule has 0 saturated heterocycles. The van der Waals surface area contributed by atoms with Gasteiger partial charge in [0.2, 0.25) is 0 Å². The zero-order chi connectivity index (χ0) is 9.97. The topological polar surface area (TPSA) is 38.4 Å². The average molecular weight is 206 g/mol. The summed E-state index contributed by atoms with van der Waals surface area (Å²) in [7, 11) is 0. The Morgan fingerprint density at radius 1 is 1.50 bits per heavy atom. The van der Waals surface area contributed by atoms with Crippen LogP contribution in [0.3, 0.4) is 0 Å². The van der Waals surface area contributed by atoms with E-state index in [0.717, 1.165) is 12.2 Å². The molecule has 1 atom stereocenters. The quantitative estimate of drug-likeness (QED) is 0.803. The van der Waals surface area contributed by atoms with Crippen LogP contribution in [0.4, 0.5) is 0 Å². The summed E-state index contributed by atoms with van der Waals surface area (Å²) in [6, 6.07) is 8.42. The summed E-state index contributed by atoms with van der Waals surface area (Å²) in [4.78, 5) is 4.38. The van der Waals surface area contributed by atoms with Crippen LogP contribution in [0.15, 0.2) is 29.3 Å². The van der Waals surface area contributed by atoms with Gasteiger partial charge in [-0.25, -0.2) is 0 Å². The average Bonchev–Trinajstić information content (AvgIpc) is 2.56. The molecule has 1 aromatic rings. The number of thioether (sulfide) groups is 1. The lowest BCUT2D eigenvalue weighted by Crippen LogP contribution is -2.15. The van der Waals surface area contributed by atoms with Gasteiger partial charge in [0.15, 0.2) is 0 Å². The van der Waals surface area contributed by atoms with Crippen LogP contribution in [-0.4, -0.2) is 17.0 Å². The molecule has 1 aliphatic heterocycles. The van der Waals surface area contributed by atoms with Crippen LogP contribution in [0, 0.1) is 6.92 Å². The van der Waals surface area contributed by atoms with Gasteiger partial charge in [-0.3, -0.25) is 4.99 Å². The molecule has 2 nitrogen and oxygen atoms in total. The molecule has 1 aliphatic rings. The summed E-state index contributed by atoms with van der Waals surface area (Å²) in [5.41, 5.74) is 8.39. The Morgan fingerprint density at radius 2 is 2.29 bits per heavy atom. The van der Waals surface area contributed by atoms with E-state index in [2.05, 4.69) is 36.2 Å². The third kappa shape index (κ3) is 2.16. The standard InChI is InChI=1S/C11H14N2S/c1-8-4-2-3-5-9(8)6-11-13-10(12)7-14-11/h2-5,10H,6-7,12H2,1H3. The van der Waals surface area contributed by atoms with Crippen molar-refractivity contribution >= 4 is 16.8 Å². The van der Waals surface area contributed by atoms with E-state index in [-0.39, 0.29) is 6.17 Å². The fraction of sp³-hybridized carbons (Fsp3) is 0.364. The predicted molar refractivity (Wildman–Crippen MR) is 62.8 cm³/mol. The summed E-state index contributed by atoms with van der Waals surface area (Å²) in [6.07, 6.45) is 0.949. The number of benzene rings is 1. The first-order valence-corrected chi connectivity index (χ1v) is 5.74. The van der Waals surface area contributed by atoms with Gasteiger partial charge in [0.25, 0.3) is 0 Å². The molecule has 1 unspecified atom stereocenters. The van der Waals surface area contributed by atoms with Gasteiger partial charge in [-0.05, 0) is 18.1 Å². The fourth-order valence-electron chi connectivity index (χ4n) is 1.51. The van der Waals surface area contributed by atoms with Crippen LogP contribution in [0.2, 0.25) is 0 Å². The van der Waals surface area contributed by atoms with Crippen LogP contribution in [-0.2, 0) is 6.42 Å². The first-order valence-electron chi connectivity index (χ1n) is 4.75. The Hall–Kier alpha value is -0.800. The Labute approximate surface area is 88.6 Å². The van der Waals surface area contributed by atoms with E-state index in [1.54, 1.807) is 11.8 Å². The number of hydrogen-bond acceptors (Lipinski definition) is 3. The summed E-state index contributed by atoms with van der Waals surface area (Å²) in [5, 5.41) is 1.17. The van der Waals surface area contributed by atoms with E-state index < -0.39 is 0 Å².